The zero-order valence-corrected chi connectivity index (χ0v) is 11.4. The van der Waals surface area contributed by atoms with Crippen molar-refractivity contribution in [2.75, 3.05) is 13.1 Å². The molecule has 1 N–H and O–H groups in total. The van der Waals surface area contributed by atoms with Gasteiger partial charge in [-0.05, 0) is 30.9 Å². The molecule has 1 aliphatic rings. The van der Waals surface area contributed by atoms with Crippen molar-refractivity contribution in [2.45, 2.75) is 39.0 Å². The number of Topliss-reactive ketones (excluding diaryl/α,β-unsaturated/α-hetero) is 1. The van der Waals surface area contributed by atoms with Crippen LogP contribution in [-0.2, 0) is 0 Å². The van der Waals surface area contributed by atoms with Crippen LogP contribution in [0.25, 0.3) is 0 Å². The molecular weight excluding hydrogens is 222 g/mol. The van der Waals surface area contributed by atoms with E-state index in [2.05, 4.69) is 25.2 Å². The van der Waals surface area contributed by atoms with Gasteiger partial charge in [-0.3, -0.25) is 4.79 Å². The zero-order valence-electron chi connectivity index (χ0n) is 11.4. The molecule has 0 amide bonds. The molecule has 1 aliphatic carbocycles. The molecule has 0 bridgehead atoms. The summed E-state index contributed by atoms with van der Waals surface area (Å²) in [6, 6.07) is 8.07. The molecule has 2 atom stereocenters. The maximum absolute atomic E-state index is 12.4. The predicted octanol–water partition coefficient (Wildman–Crippen LogP) is 3.38. The molecule has 98 valence electrons. The van der Waals surface area contributed by atoms with Gasteiger partial charge in [0.1, 0.15) is 0 Å². The third kappa shape index (κ3) is 2.81. The monoisotopic (exact) mass is 245 g/mol. The topological polar surface area (TPSA) is 29.1 Å². The number of ketones is 1. The predicted molar refractivity (Wildman–Crippen MR) is 75.1 cm³/mol. The number of carbonyl (C=O) groups is 1. The molecule has 1 aromatic carbocycles. The number of unbranched alkanes of at least 4 members (excludes halogenated alkanes) is 1. The maximum Gasteiger partial charge on any atom is 0.167 e. The summed E-state index contributed by atoms with van der Waals surface area (Å²) in [5, 5.41) is 3.42. The highest BCUT2D eigenvalue weighted by atomic mass is 16.1. The van der Waals surface area contributed by atoms with E-state index in [1.165, 1.54) is 18.4 Å². The summed E-state index contributed by atoms with van der Waals surface area (Å²) in [7, 11) is 0. The van der Waals surface area contributed by atoms with Crippen molar-refractivity contribution in [1.29, 1.82) is 0 Å². The molecule has 0 aliphatic heterocycles. The molecule has 0 unspecified atom stereocenters. The number of hydrogen-bond donors (Lipinski definition) is 1. The Morgan fingerprint density at radius 1 is 1.33 bits per heavy atom. The van der Waals surface area contributed by atoms with Crippen LogP contribution in [0.3, 0.4) is 0 Å². The smallest absolute Gasteiger partial charge is 0.167 e. The number of hydrogen-bond acceptors (Lipinski definition) is 2. The van der Waals surface area contributed by atoms with Gasteiger partial charge in [0.25, 0.3) is 0 Å². The molecule has 2 rings (SSSR count). The SMILES string of the molecule is CCCCNC[C@H]1C[C@H](C)c2ccccc2C1=O. The van der Waals surface area contributed by atoms with Crippen LogP contribution in [0.1, 0.15) is 54.9 Å². The van der Waals surface area contributed by atoms with Crippen molar-refractivity contribution in [1.82, 2.24) is 5.32 Å². The lowest BCUT2D eigenvalue weighted by molar-refractivity contribution is 0.0893. The van der Waals surface area contributed by atoms with Gasteiger partial charge < -0.3 is 5.32 Å². The van der Waals surface area contributed by atoms with Crippen molar-refractivity contribution in [2.24, 2.45) is 5.92 Å². The first kappa shape index (κ1) is 13.3. The van der Waals surface area contributed by atoms with Gasteiger partial charge in [-0.1, -0.05) is 44.5 Å². The van der Waals surface area contributed by atoms with Crippen LogP contribution < -0.4 is 5.32 Å². The minimum absolute atomic E-state index is 0.159. The molecule has 2 nitrogen and oxygen atoms in total. The average Bonchev–Trinajstić information content (AvgIpc) is 2.40. The van der Waals surface area contributed by atoms with Crippen LogP contribution in [0.2, 0.25) is 0 Å². The standard InChI is InChI=1S/C16H23NO/c1-3-4-9-17-11-13-10-12(2)14-7-5-6-8-15(14)16(13)18/h5-8,12-13,17H,3-4,9-11H2,1-2H3/t12-,13+/m0/s1. The molecule has 0 saturated carbocycles. The second-order valence-electron chi connectivity index (χ2n) is 5.34. The summed E-state index contributed by atoms with van der Waals surface area (Å²) in [4.78, 5) is 12.4. The fraction of sp³-hybridized carbons (Fsp3) is 0.562. The third-order valence-electron chi connectivity index (χ3n) is 3.86. The lowest BCUT2D eigenvalue weighted by atomic mass is 9.77. The molecule has 2 heteroatoms. The van der Waals surface area contributed by atoms with Crippen molar-refractivity contribution >= 4 is 5.78 Å². The summed E-state index contributed by atoms with van der Waals surface area (Å²) < 4.78 is 0. The zero-order chi connectivity index (χ0) is 13.0. The fourth-order valence-electron chi connectivity index (χ4n) is 2.79. The molecule has 0 spiro atoms. The van der Waals surface area contributed by atoms with E-state index in [4.69, 9.17) is 0 Å². The lowest BCUT2D eigenvalue weighted by Gasteiger charge is -2.28. The fourth-order valence-corrected chi connectivity index (χ4v) is 2.79. The van der Waals surface area contributed by atoms with Gasteiger partial charge in [-0.2, -0.15) is 0 Å². The van der Waals surface area contributed by atoms with Crippen LogP contribution in [0.4, 0.5) is 0 Å². The van der Waals surface area contributed by atoms with Crippen LogP contribution >= 0.6 is 0 Å². The minimum Gasteiger partial charge on any atom is -0.316 e. The summed E-state index contributed by atoms with van der Waals surface area (Å²) in [5.74, 6) is 0.983. The molecule has 0 fully saturated rings. The van der Waals surface area contributed by atoms with Crippen LogP contribution in [-0.4, -0.2) is 18.9 Å². The Morgan fingerprint density at radius 3 is 2.89 bits per heavy atom. The van der Waals surface area contributed by atoms with E-state index in [0.29, 0.717) is 11.7 Å². The van der Waals surface area contributed by atoms with E-state index in [-0.39, 0.29) is 5.92 Å². The second kappa shape index (κ2) is 6.14. The van der Waals surface area contributed by atoms with Gasteiger partial charge in [0.2, 0.25) is 0 Å². The molecular formula is C16H23NO. The van der Waals surface area contributed by atoms with Crippen LogP contribution in [0.5, 0.6) is 0 Å². The number of fused-ring (bicyclic) bond motifs is 1. The van der Waals surface area contributed by atoms with Crippen molar-refractivity contribution in [3.8, 4) is 0 Å². The van der Waals surface area contributed by atoms with E-state index in [0.717, 1.165) is 25.1 Å². The Balaban J connectivity index is 2.02. The van der Waals surface area contributed by atoms with Crippen LogP contribution in [0.15, 0.2) is 24.3 Å². The number of nitrogens with one attached hydrogen (secondary N) is 1. The highest BCUT2D eigenvalue weighted by Crippen LogP contribution is 2.33. The van der Waals surface area contributed by atoms with Gasteiger partial charge in [-0.25, -0.2) is 0 Å². The number of benzene rings is 1. The van der Waals surface area contributed by atoms with E-state index in [9.17, 15) is 4.79 Å². The van der Waals surface area contributed by atoms with E-state index in [1.54, 1.807) is 0 Å². The summed E-state index contributed by atoms with van der Waals surface area (Å²) in [6.45, 7) is 6.27. The van der Waals surface area contributed by atoms with Crippen molar-refractivity contribution in [3.05, 3.63) is 35.4 Å². The Kier molecular flexibility index (Phi) is 4.54. The Bertz CT molecular complexity index is 413. The lowest BCUT2D eigenvalue weighted by Crippen LogP contribution is -2.33. The second-order valence-corrected chi connectivity index (χ2v) is 5.34. The first-order chi connectivity index (χ1) is 8.74. The Morgan fingerprint density at radius 2 is 2.11 bits per heavy atom. The maximum atomic E-state index is 12.4. The van der Waals surface area contributed by atoms with E-state index in [1.807, 2.05) is 18.2 Å². The highest BCUT2D eigenvalue weighted by Gasteiger charge is 2.30. The van der Waals surface area contributed by atoms with E-state index < -0.39 is 0 Å². The highest BCUT2D eigenvalue weighted by molar-refractivity contribution is 6.00. The van der Waals surface area contributed by atoms with Crippen LogP contribution in [0, 0.1) is 5.92 Å². The Hall–Kier alpha value is -1.15. The van der Waals surface area contributed by atoms with Crippen molar-refractivity contribution in [3.63, 3.8) is 0 Å². The molecule has 1 aromatic rings. The first-order valence-electron chi connectivity index (χ1n) is 7.08. The minimum atomic E-state index is 0.159. The van der Waals surface area contributed by atoms with Gasteiger partial charge in [-0.15, -0.1) is 0 Å². The number of rotatable bonds is 5. The summed E-state index contributed by atoms with van der Waals surface area (Å²) >= 11 is 0. The van der Waals surface area contributed by atoms with Gasteiger partial charge >= 0.3 is 0 Å². The largest absolute Gasteiger partial charge is 0.316 e. The molecule has 0 heterocycles. The number of carbonyl (C=O) groups excluding carboxylic acids is 1. The third-order valence-corrected chi connectivity index (χ3v) is 3.86. The summed E-state index contributed by atoms with van der Waals surface area (Å²) in [6.07, 6.45) is 3.37. The normalized spacial score (nSPS) is 22.9. The molecule has 0 aromatic heterocycles. The average molecular weight is 245 g/mol. The summed E-state index contributed by atoms with van der Waals surface area (Å²) in [5.41, 5.74) is 2.17. The van der Waals surface area contributed by atoms with Gasteiger partial charge in [0.05, 0.1) is 0 Å². The van der Waals surface area contributed by atoms with E-state index >= 15 is 0 Å². The van der Waals surface area contributed by atoms with Crippen molar-refractivity contribution < 1.29 is 4.79 Å². The Labute approximate surface area is 110 Å². The molecule has 18 heavy (non-hydrogen) atoms. The van der Waals surface area contributed by atoms with Gasteiger partial charge in [0.15, 0.2) is 5.78 Å². The first-order valence-corrected chi connectivity index (χ1v) is 7.08. The molecule has 0 saturated heterocycles. The quantitative estimate of drug-likeness (QED) is 0.806. The van der Waals surface area contributed by atoms with Gasteiger partial charge in [0, 0.05) is 18.0 Å². The molecule has 0 radical (unpaired) electrons.